The molecule has 0 amide bonds. The molecule has 0 spiro atoms. The van der Waals surface area contributed by atoms with E-state index < -0.39 is 0 Å². The molecule has 2 aromatic rings. The van der Waals surface area contributed by atoms with E-state index in [1.54, 1.807) is 30.2 Å². The van der Waals surface area contributed by atoms with Crippen molar-refractivity contribution in [2.24, 2.45) is 0 Å². The van der Waals surface area contributed by atoms with Crippen molar-refractivity contribution in [2.45, 2.75) is 42.4 Å². The van der Waals surface area contributed by atoms with Crippen molar-refractivity contribution < 1.29 is 4.74 Å². The first-order chi connectivity index (χ1) is 10.2. The van der Waals surface area contributed by atoms with Gasteiger partial charge in [0.05, 0.1) is 7.11 Å². The first-order valence-corrected chi connectivity index (χ1v) is 8.87. The van der Waals surface area contributed by atoms with Gasteiger partial charge in [0.1, 0.15) is 10.8 Å². The summed E-state index contributed by atoms with van der Waals surface area (Å²) in [5.41, 5.74) is 2.53. The number of benzene rings is 1. The number of aryl methyl sites for hydroxylation is 1. The van der Waals surface area contributed by atoms with Crippen molar-refractivity contribution in [3.63, 3.8) is 0 Å². The van der Waals surface area contributed by atoms with E-state index >= 15 is 0 Å². The van der Waals surface area contributed by atoms with E-state index in [0.29, 0.717) is 0 Å². The van der Waals surface area contributed by atoms with Crippen molar-refractivity contribution in [3.05, 3.63) is 34.3 Å². The lowest BCUT2D eigenvalue weighted by molar-refractivity contribution is 0.411. The van der Waals surface area contributed by atoms with Crippen molar-refractivity contribution in [1.29, 1.82) is 0 Å². The Bertz CT molecular complexity index is 611. The van der Waals surface area contributed by atoms with Crippen LogP contribution in [0.3, 0.4) is 0 Å². The number of nitrogens with one attached hydrogen (secondary N) is 1. The summed E-state index contributed by atoms with van der Waals surface area (Å²) in [6.45, 7) is 2.91. The summed E-state index contributed by atoms with van der Waals surface area (Å²) in [6, 6.07) is 7.16. The number of aromatic nitrogens is 2. The van der Waals surface area contributed by atoms with Gasteiger partial charge in [-0.05, 0) is 37.5 Å². The molecule has 3 rings (SSSR count). The number of hydrogen-bond donors (Lipinski definition) is 1. The lowest BCUT2D eigenvalue weighted by Gasteiger charge is -2.10. The van der Waals surface area contributed by atoms with Gasteiger partial charge in [-0.25, -0.2) is 0 Å². The van der Waals surface area contributed by atoms with Crippen LogP contribution in [-0.4, -0.2) is 23.3 Å². The second kappa shape index (κ2) is 6.77. The summed E-state index contributed by atoms with van der Waals surface area (Å²) < 4.78 is 6.48. The van der Waals surface area contributed by atoms with Crippen LogP contribution in [-0.2, 0) is 12.3 Å². The summed E-state index contributed by atoms with van der Waals surface area (Å²) in [6.07, 6.45) is 2.63. The number of ether oxygens (including phenoxy) is 1. The molecular weight excluding hydrogens is 302 g/mol. The predicted molar refractivity (Wildman–Crippen MR) is 87.1 cm³/mol. The Hall–Kier alpha value is -1.11. The zero-order chi connectivity index (χ0) is 14.7. The molecule has 1 aliphatic carbocycles. The Morgan fingerprint density at radius 2 is 2.24 bits per heavy atom. The highest BCUT2D eigenvalue weighted by atomic mass is 32.2. The Morgan fingerprint density at radius 1 is 1.38 bits per heavy atom. The third kappa shape index (κ3) is 4.18. The van der Waals surface area contributed by atoms with Gasteiger partial charge in [-0.1, -0.05) is 29.2 Å². The fourth-order valence-corrected chi connectivity index (χ4v) is 3.87. The number of hydrogen-bond acceptors (Lipinski definition) is 6. The fraction of sp³-hybridized carbons (Fsp3) is 0.467. The van der Waals surface area contributed by atoms with E-state index in [0.717, 1.165) is 33.4 Å². The van der Waals surface area contributed by atoms with Gasteiger partial charge < -0.3 is 10.1 Å². The molecule has 112 valence electrons. The minimum Gasteiger partial charge on any atom is -0.496 e. The van der Waals surface area contributed by atoms with Crippen LogP contribution in [0.5, 0.6) is 5.75 Å². The maximum absolute atomic E-state index is 5.47. The van der Waals surface area contributed by atoms with Gasteiger partial charge in [-0.3, -0.25) is 0 Å². The number of rotatable bonds is 7. The quantitative estimate of drug-likeness (QED) is 0.792. The second-order valence-electron chi connectivity index (χ2n) is 5.18. The summed E-state index contributed by atoms with van der Waals surface area (Å²) in [7, 11) is 1.72. The molecule has 1 aliphatic rings. The van der Waals surface area contributed by atoms with E-state index in [4.69, 9.17) is 4.74 Å². The number of nitrogens with zero attached hydrogens (tertiary/aromatic N) is 2. The van der Waals surface area contributed by atoms with Crippen LogP contribution >= 0.6 is 23.1 Å². The van der Waals surface area contributed by atoms with E-state index in [-0.39, 0.29) is 0 Å². The van der Waals surface area contributed by atoms with Crippen LogP contribution in [0.25, 0.3) is 0 Å². The zero-order valence-corrected chi connectivity index (χ0v) is 13.9. The summed E-state index contributed by atoms with van der Waals surface area (Å²) >= 11 is 3.35. The monoisotopic (exact) mass is 321 g/mol. The highest BCUT2D eigenvalue weighted by Gasteiger charge is 2.20. The average Bonchev–Trinajstić information content (AvgIpc) is 3.24. The minimum atomic E-state index is 0.731. The normalized spacial score (nSPS) is 14.4. The molecule has 0 radical (unpaired) electrons. The molecule has 0 atom stereocenters. The zero-order valence-electron chi connectivity index (χ0n) is 12.3. The second-order valence-corrected chi connectivity index (χ2v) is 7.58. The van der Waals surface area contributed by atoms with Gasteiger partial charge in [0.2, 0.25) is 0 Å². The van der Waals surface area contributed by atoms with E-state index in [2.05, 4.69) is 33.7 Å². The average molecular weight is 321 g/mol. The Balaban J connectivity index is 1.66. The van der Waals surface area contributed by atoms with E-state index in [1.165, 1.54) is 24.0 Å². The molecule has 1 fully saturated rings. The number of methoxy groups -OCH3 is 1. The standard InChI is InChI=1S/C15H19N3OS2/c1-10-17-18-15(21-10)20-9-12-7-11(3-6-14(12)19-2)8-16-13-4-5-13/h3,6-7,13,16H,4-5,8-9H2,1-2H3. The molecule has 0 aliphatic heterocycles. The lowest BCUT2D eigenvalue weighted by Crippen LogP contribution is -2.15. The van der Waals surface area contributed by atoms with E-state index in [1.807, 2.05) is 6.92 Å². The molecule has 0 saturated heterocycles. The molecule has 4 nitrogen and oxygen atoms in total. The maximum Gasteiger partial charge on any atom is 0.174 e. The molecule has 21 heavy (non-hydrogen) atoms. The van der Waals surface area contributed by atoms with Gasteiger partial charge >= 0.3 is 0 Å². The SMILES string of the molecule is COc1ccc(CNC2CC2)cc1CSc1nnc(C)s1. The van der Waals surface area contributed by atoms with Crippen molar-refractivity contribution >= 4 is 23.1 Å². The highest BCUT2D eigenvalue weighted by molar-refractivity contribution is 8.00. The van der Waals surface area contributed by atoms with Crippen LogP contribution < -0.4 is 10.1 Å². The van der Waals surface area contributed by atoms with Crippen molar-refractivity contribution in [3.8, 4) is 5.75 Å². The largest absolute Gasteiger partial charge is 0.496 e. The fourth-order valence-electron chi connectivity index (χ4n) is 2.08. The third-order valence-electron chi connectivity index (χ3n) is 3.38. The minimum absolute atomic E-state index is 0.731. The van der Waals surface area contributed by atoms with Gasteiger partial charge in [0.15, 0.2) is 4.34 Å². The van der Waals surface area contributed by atoms with Crippen LogP contribution in [0.2, 0.25) is 0 Å². The molecule has 1 saturated carbocycles. The van der Waals surface area contributed by atoms with Crippen LogP contribution in [0, 0.1) is 6.92 Å². The molecule has 1 aromatic carbocycles. The van der Waals surface area contributed by atoms with Gasteiger partial charge in [-0.2, -0.15) is 0 Å². The molecule has 0 bridgehead atoms. The number of thioether (sulfide) groups is 1. The summed E-state index contributed by atoms with van der Waals surface area (Å²) in [5.74, 6) is 1.80. The van der Waals surface area contributed by atoms with Gasteiger partial charge in [0.25, 0.3) is 0 Å². The first kappa shape index (κ1) is 14.8. The molecule has 1 heterocycles. The molecule has 0 unspecified atom stereocenters. The lowest BCUT2D eigenvalue weighted by atomic mass is 10.1. The third-order valence-corrected chi connectivity index (χ3v) is 5.40. The molecule has 6 heteroatoms. The smallest absolute Gasteiger partial charge is 0.174 e. The summed E-state index contributed by atoms with van der Waals surface area (Å²) in [4.78, 5) is 0. The van der Waals surface area contributed by atoms with Crippen LogP contribution in [0.4, 0.5) is 0 Å². The molecule has 1 aromatic heterocycles. The molecular formula is C15H19N3OS2. The molecule has 1 N–H and O–H groups in total. The topological polar surface area (TPSA) is 47.0 Å². The van der Waals surface area contributed by atoms with Crippen LogP contribution in [0.15, 0.2) is 22.5 Å². The Morgan fingerprint density at radius 3 is 2.90 bits per heavy atom. The summed E-state index contributed by atoms with van der Waals surface area (Å²) in [5, 5.41) is 12.8. The predicted octanol–water partition coefficient (Wildman–Crippen LogP) is 3.40. The first-order valence-electron chi connectivity index (χ1n) is 7.06. The Labute approximate surface area is 133 Å². The maximum atomic E-state index is 5.47. The van der Waals surface area contributed by atoms with Gasteiger partial charge in [-0.15, -0.1) is 10.2 Å². The van der Waals surface area contributed by atoms with Crippen LogP contribution in [0.1, 0.15) is 29.0 Å². The highest BCUT2D eigenvalue weighted by Crippen LogP contribution is 2.30. The Kier molecular flexibility index (Phi) is 4.77. The van der Waals surface area contributed by atoms with Gasteiger partial charge in [0, 0.05) is 23.9 Å². The van der Waals surface area contributed by atoms with Crippen molar-refractivity contribution in [1.82, 2.24) is 15.5 Å². The van der Waals surface area contributed by atoms with E-state index in [9.17, 15) is 0 Å². The van der Waals surface area contributed by atoms with Crippen molar-refractivity contribution in [2.75, 3.05) is 7.11 Å².